The van der Waals surface area contributed by atoms with Gasteiger partial charge in [-0.15, -0.1) is 0 Å². The highest BCUT2D eigenvalue weighted by Gasteiger charge is 2.47. The van der Waals surface area contributed by atoms with Crippen molar-refractivity contribution < 1.29 is 36.2 Å². The summed E-state index contributed by atoms with van der Waals surface area (Å²) in [5.74, 6) is -1.74. The maximum Gasteiger partial charge on any atom is 0.387 e. The number of hydrogen-bond donors (Lipinski definition) is 2. The molecule has 36 heavy (non-hydrogen) atoms. The van der Waals surface area contributed by atoms with Gasteiger partial charge in [-0.3, -0.25) is 9.48 Å². The number of fused-ring (bicyclic) bond motifs is 1. The summed E-state index contributed by atoms with van der Waals surface area (Å²) in [5, 5.41) is 18.1. The number of alkyl halides is 2. The molecule has 0 radical (unpaired) electrons. The summed E-state index contributed by atoms with van der Waals surface area (Å²) < 4.78 is 69.8. The maximum atomic E-state index is 14.9. The summed E-state index contributed by atoms with van der Waals surface area (Å²) in [6, 6.07) is 3.02. The molecule has 2 aliphatic carbocycles. The van der Waals surface area contributed by atoms with Gasteiger partial charge >= 0.3 is 6.61 Å². The molecule has 5 rings (SSSR count). The molecule has 2 heterocycles. The lowest BCUT2D eigenvalue weighted by Crippen LogP contribution is -2.64. The van der Waals surface area contributed by atoms with Crippen LogP contribution in [-0.2, 0) is 27.5 Å². The average Bonchev–Trinajstić information content (AvgIpc) is 3.35. The lowest BCUT2D eigenvalue weighted by atomic mass is 9.84. The van der Waals surface area contributed by atoms with Gasteiger partial charge < -0.3 is 15.2 Å². The van der Waals surface area contributed by atoms with Crippen molar-refractivity contribution in [2.75, 3.05) is 11.5 Å². The number of aliphatic hydroxyl groups excluding tert-OH is 1. The molecule has 2 aromatic rings. The van der Waals surface area contributed by atoms with Crippen molar-refractivity contribution in [2.24, 2.45) is 5.92 Å². The van der Waals surface area contributed by atoms with Crippen LogP contribution in [0.25, 0.3) is 11.3 Å². The van der Waals surface area contributed by atoms with Crippen molar-refractivity contribution in [1.82, 2.24) is 15.1 Å². The zero-order valence-electron chi connectivity index (χ0n) is 19.7. The van der Waals surface area contributed by atoms with Crippen molar-refractivity contribution >= 4 is 15.7 Å². The molecule has 12 heteroatoms. The number of hydrogen-bond acceptors (Lipinski definition) is 6. The molecule has 3 aliphatic rings. The molecule has 0 unspecified atom stereocenters. The summed E-state index contributed by atoms with van der Waals surface area (Å²) in [5.41, 5.74) is 0.928. The fourth-order valence-electron chi connectivity index (χ4n) is 5.82. The Morgan fingerprint density at radius 3 is 2.67 bits per heavy atom. The summed E-state index contributed by atoms with van der Waals surface area (Å²) in [4.78, 5) is 13.1. The summed E-state index contributed by atoms with van der Waals surface area (Å²) in [6.45, 7) is -1.36. The van der Waals surface area contributed by atoms with Crippen LogP contribution in [0.1, 0.15) is 49.9 Å². The van der Waals surface area contributed by atoms with Gasteiger partial charge in [-0.2, -0.15) is 13.9 Å². The molecule has 0 spiro atoms. The van der Waals surface area contributed by atoms with E-state index in [1.165, 1.54) is 6.07 Å². The monoisotopic (exact) mass is 527 g/mol. The first-order chi connectivity index (χ1) is 16.9. The maximum absolute atomic E-state index is 14.9. The number of rotatable bonds is 6. The van der Waals surface area contributed by atoms with E-state index in [9.17, 15) is 31.5 Å². The SMILES string of the molecule is CC1(NC(=O)[C@@H]2CCc3c(-c4cc(OC(F)F)ccc4F)nn([C@@H]4CCC[C@@H]4O)c3C2)CS(=O)(=O)C1. The fraction of sp³-hybridized carbons (Fsp3) is 0.583. The Balaban J connectivity index is 1.48. The minimum Gasteiger partial charge on any atom is -0.435 e. The number of nitrogens with one attached hydrogen (secondary N) is 1. The van der Waals surface area contributed by atoms with Crippen molar-refractivity contribution in [3.63, 3.8) is 0 Å². The van der Waals surface area contributed by atoms with Crippen LogP contribution in [0.3, 0.4) is 0 Å². The van der Waals surface area contributed by atoms with Crippen LogP contribution in [0.5, 0.6) is 5.75 Å². The summed E-state index contributed by atoms with van der Waals surface area (Å²) >= 11 is 0. The highest BCUT2D eigenvalue weighted by atomic mass is 32.2. The lowest BCUT2D eigenvalue weighted by Gasteiger charge is -2.39. The van der Waals surface area contributed by atoms with Gasteiger partial charge in [0.25, 0.3) is 0 Å². The van der Waals surface area contributed by atoms with Gasteiger partial charge in [0.05, 0.1) is 34.9 Å². The number of aromatic nitrogens is 2. The van der Waals surface area contributed by atoms with Crippen LogP contribution < -0.4 is 10.1 Å². The van der Waals surface area contributed by atoms with Gasteiger partial charge in [-0.1, -0.05) is 0 Å². The van der Waals surface area contributed by atoms with E-state index in [2.05, 4.69) is 15.2 Å². The third kappa shape index (κ3) is 4.72. The lowest BCUT2D eigenvalue weighted by molar-refractivity contribution is -0.126. The highest BCUT2D eigenvalue weighted by molar-refractivity contribution is 7.93. The first-order valence-electron chi connectivity index (χ1n) is 12.0. The Morgan fingerprint density at radius 2 is 2.03 bits per heavy atom. The summed E-state index contributed by atoms with van der Waals surface area (Å²) in [6.07, 6.45) is 2.51. The topological polar surface area (TPSA) is 111 Å². The number of halogens is 3. The van der Waals surface area contributed by atoms with Crippen molar-refractivity contribution in [3.8, 4) is 17.0 Å². The smallest absolute Gasteiger partial charge is 0.387 e. The zero-order chi connectivity index (χ0) is 25.8. The van der Waals surface area contributed by atoms with Crippen molar-refractivity contribution in [1.29, 1.82) is 0 Å². The molecule has 1 aromatic carbocycles. The standard InChI is InChI=1S/C24H28F3N3O5S/c1-24(11-36(33,34)12-24)28-22(32)13-5-7-15-19(9-13)30(18-3-2-4-20(18)31)29-21(15)16-10-14(35-23(26)27)6-8-17(16)25/h6,8,10,13,18,20,23,31H,2-5,7,9,11-12H2,1H3,(H,28,32)/t13-,18-,20+/m1/s1. The highest BCUT2D eigenvalue weighted by Crippen LogP contribution is 2.40. The predicted molar refractivity (Wildman–Crippen MR) is 124 cm³/mol. The number of carbonyl (C=O) groups excluding carboxylic acids is 1. The average molecular weight is 528 g/mol. The molecular weight excluding hydrogens is 499 g/mol. The Hall–Kier alpha value is -2.60. The van der Waals surface area contributed by atoms with E-state index in [0.717, 1.165) is 18.6 Å². The molecule has 1 aromatic heterocycles. The molecule has 2 fully saturated rings. The number of sulfone groups is 1. The van der Waals surface area contributed by atoms with E-state index in [1.54, 1.807) is 11.6 Å². The zero-order valence-corrected chi connectivity index (χ0v) is 20.5. The Bertz CT molecular complexity index is 1280. The third-order valence-electron chi connectivity index (χ3n) is 7.35. The quantitative estimate of drug-likeness (QED) is 0.598. The largest absolute Gasteiger partial charge is 0.435 e. The minimum atomic E-state index is -3.13. The van der Waals surface area contributed by atoms with Crippen LogP contribution in [0.4, 0.5) is 13.2 Å². The van der Waals surface area contributed by atoms with E-state index in [0.29, 0.717) is 36.9 Å². The third-order valence-corrected chi connectivity index (χ3v) is 9.50. The normalized spacial score (nSPS) is 26.3. The Kier molecular flexibility index (Phi) is 6.30. The van der Waals surface area contributed by atoms with Gasteiger partial charge in [0.2, 0.25) is 5.91 Å². The van der Waals surface area contributed by atoms with Crippen LogP contribution >= 0.6 is 0 Å². The van der Waals surface area contributed by atoms with Crippen LogP contribution in [-0.4, -0.2) is 59.0 Å². The molecule has 2 N–H and O–H groups in total. The van der Waals surface area contributed by atoms with Gasteiger partial charge in [-0.05, 0) is 57.2 Å². The van der Waals surface area contributed by atoms with Gasteiger partial charge in [-0.25, -0.2) is 12.8 Å². The number of ether oxygens (including phenoxy) is 1. The van der Waals surface area contributed by atoms with Crippen LogP contribution in [0.2, 0.25) is 0 Å². The number of aliphatic hydroxyl groups is 1. The van der Waals surface area contributed by atoms with Gasteiger partial charge in [0.1, 0.15) is 11.6 Å². The number of nitrogens with zero attached hydrogens (tertiary/aromatic N) is 2. The van der Waals surface area contributed by atoms with Crippen LogP contribution in [0.15, 0.2) is 18.2 Å². The van der Waals surface area contributed by atoms with E-state index >= 15 is 0 Å². The van der Waals surface area contributed by atoms with E-state index in [-0.39, 0.29) is 46.9 Å². The number of amides is 1. The molecule has 1 aliphatic heterocycles. The van der Waals surface area contributed by atoms with E-state index in [1.807, 2.05) is 0 Å². The Morgan fingerprint density at radius 1 is 1.28 bits per heavy atom. The molecule has 0 bridgehead atoms. The first kappa shape index (κ1) is 25.1. The molecule has 8 nitrogen and oxygen atoms in total. The minimum absolute atomic E-state index is 0.0192. The number of benzene rings is 1. The van der Waals surface area contributed by atoms with E-state index < -0.39 is 39.8 Å². The Labute approximate surface area is 206 Å². The molecule has 1 saturated carbocycles. The molecular formula is C24H28F3N3O5S. The summed E-state index contributed by atoms with van der Waals surface area (Å²) in [7, 11) is -3.13. The predicted octanol–water partition coefficient (Wildman–Crippen LogP) is 2.78. The first-order valence-corrected chi connectivity index (χ1v) is 13.8. The second-order valence-electron chi connectivity index (χ2n) is 10.3. The van der Waals surface area contributed by atoms with Crippen molar-refractivity contribution in [3.05, 3.63) is 35.3 Å². The fourth-order valence-corrected chi connectivity index (χ4v) is 7.82. The molecule has 1 saturated heterocycles. The molecule has 196 valence electrons. The molecule has 3 atom stereocenters. The number of carbonyl (C=O) groups is 1. The van der Waals surface area contributed by atoms with Gasteiger partial charge in [0, 0.05) is 29.2 Å². The second-order valence-corrected chi connectivity index (χ2v) is 12.4. The van der Waals surface area contributed by atoms with Crippen LogP contribution in [0, 0.1) is 11.7 Å². The second kappa shape index (κ2) is 9.05. The molecule has 1 amide bonds. The van der Waals surface area contributed by atoms with Crippen molar-refractivity contribution in [2.45, 2.75) is 69.7 Å². The van der Waals surface area contributed by atoms with E-state index in [4.69, 9.17) is 0 Å². The van der Waals surface area contributed by atoms with Gasteiger partial charge in [0.15, 0.2) is 9.84 Å².